The number of carbonyl (C=O) groups excluding carboxylic acids is 1. The van der Waals surface area contributed by atoms with Crippen LogP contribution in [0.3, 0.4) is 0 Å². The number of rotatable bonds is 6. The Morgan fingerprint density at radius 1 is 1.50 bits per heavy atom. The van der Waals surface area contributed by atoms with Gasteiger partial charge in [-0.05, 0) is 36.0 Å². The second kappa shape index (κ2) is 7.19. The molecule has 9 heteroatoms. The number of nitrogens with zero attached hydrogens (tertiary/aromatic N) is 2. The first-order chi connectivity index (χ1) is 10.5. The first-order valence-corrected chi connectivity index (χ1v) is 7.55. The fraction of sp³-hybridized carbons (Fsp3) is 0.231. The molecule has 0 unspecified atom stereocenters. The Balaban J connectivity index is 1.81. The molecule has 1 heterocycles. The maximum absolute atomic E-state index is 11.8. The highest BCUT2D eigenvalue weighted by Gasteiger charge is 2.11. The number of nitrogens with one attached hydrogen (secondary N) is 2. The Hall–Kier alpha value is -2.19. The van der Waals surface area contributed by atoms with Gasteiger partial charge in [-0.1, -0.05) is 17.7 Å². The van der Waals surface area contributed by atoms with E-state index in [-0.39, 0.29) is 17.3 Å². The number of nitro groups is 1. The average Bonchev–Trinajstić information content (AvgIpc) is 2.91. The Morgan fingerprint density at radius 3 is 2.91 bits per heavy atom. The molecule has 0 fully saturated rings. The number of carbonyl (C=O) groups is 1. The van der Waals surface area contributed by atoms with Gasteiger partial charge >= 0.3 is 5.00 Å². The lowest BCUT2D eigenvalue weighted by Crippen LogP contribution is -2.16. The molecule has 2 rings (SSSR count). The Morgan fingerprint density at radius 2 is 2.27 bits per heavy atom. The minimum absolute atomic E-state index is 0.0432. The van der Waals surface area contributed by atoms with Crippen LogP contribution < -0.4 is 10.6 Å². The van der Waals surface area contributed by atoms with Crippen molar-refractivity contribution >= 4 is 44.7 Å². The molecular weight excluding hydrogens is 328 g/mol. The smallest absolute Gasteiger partial charge is 0.345 e. The predicted molar refractivity (Wildman–Crippen MR) is 86.7 cm³/mol. The average molecular weight is 341 g/mol. The first kappa shape index (κ1) is 16.2. The molecule has 0 saturated heterocycles. The largest absolute Gasteiger partial charge is 0.361 e. The third-order valence-corrected chi connectivity index (χ3v) is 3.92. The summed E-state index contributed by atoms with van der Waals surface area (Å²) >= 11 is 6.96. The van der Waals surface area contributed by atoms with E-state index in [0.29, 0.717) is 22.4 Å². The van der Waals surface area contributed by atoms with Crippen molar-refractivity contribution in [2.24, 2.45) is 0 Å². The second-order valence-corrected chi connectivity index (χ2v) is 5.89. The number of hydrogen-bond donors (Lipinski definition) is 2. The zero-order valence-electron chi connectivity index (χ0n) is 11.6. The van der Waals surface area contributed by atoms with Crippen molar-refractivity contribution < 1.29 is 9.72 Å². The van der Waals surface area contributed by atoms with Gasteiger partial charge in [0.25, 0.3) is 0 Å². The molecule has 116 valence electrons. The van der Waals surface area contributed by atoms with E-state index >= 15 is 0 Å². The van der Waals surface area contributed by atoms with Crippen LogP contribution in [0.25, 0.3) is 0 Å². The molecule has 1 amide bonds. The molecular formula is C13H13ClN4O3S. The van der Waals surface area contributed by atoms with Crippen LogP contribution in [-0.2, 0) is 4.79 Å². The molecule has 1 aromatic carbocycles. The lowest BCUT2D eigenvalue weighted by Gasteiger charge is -2.08. The van der Waals surface area contributed by atoms with Gasteiger partial charge in [0.2, 0.25) is 5.91 Å². The second-order valence-electron chi connectivity index (χ2n) is 4.47. The molecule has 0 saturated carbocycles. The van der Waals surface area contributed by atoms with Gasteiger partial charge in [0.05, 0.1) is 15.6 Å². The maximum atomic E-state index is 11.8. The monoisotopic (exact) mass is 340 g/mol. The molecule has 0 bridgehead atoms. The van der Waals surface area contributed by atoms with E-state index in [4.69, 9.17) is 11.6 Å². The predicted octanol–water partition coefficient (Wildman–Crippen LogP) is 3.45. The number of halogens is 1. The van der Waals surface area contributed by atoms with Crippen molar-refractivity contribution in [2.75, 3.05) is 17.2 Å². The minimum Gasteiger partial charge on any atom is -0.361 e. The summed E-state index contributed by atoms with van der Waals surface area (Å²) in [6.45, 7) is 2.23. The summed E-state index contributed by atoms with van der Waals surface area (Å²) in [5.41, 5.74) is 1.57. The normalized spacial score (nSPS) is 10.3. The summed E-state index contributed by atoms with van der Waals surface area (Å²) < 4.78 is 0. The molecule has 0 aliphatic heterocycles. The van der Waals surface area contributed by atoms with E-state index in [2.05, 4.69) is 15.6 Å². The van der Waals surface area contributed by atoms with Crippen molar-refractivity contribution in [3.8, 4) is 0 Å². The Bertz CT molecular complexity index is 704. The minimum atomic E-state index is -0.505. The van der Waals surface area contributed by atoms with Crippen LogP contribution in [0, 0.1) is 17.0 Å². The van der Waals surface area contributed by atoms with Crippen LogP contribution in [0.1, 0.15) is 12.0 Å². The van der Waals surface area contributed by atoms with Crippen LogP contribution in [-0.4, -0.2) is 22.4 Å². The summed E-state index contributed by atoms with van der Waals surface area (Å²) in [6.07, 6.45) is 1.37. The molecule has 0 aliphatic rings. The van der Waals surface area contributed by atoms with Gasteiger partial charge in [-0.3, -0.25) is 14.9 Å². The van der Waals surface area contributed by atoms with Gasteiger partial charge < -0.3 is 10.6 Å². The van der Waals surface area contributed by atoms with Gasteiger partial charge in [0.15, 0.2) is 5.13 Å². The van der Waals surface area contributed by atoms with Crippen molar-refractivity contribution in [1.82, 2.24) is 4.98 Å². The van der Waals surface area contributed by atoms with Gasteiger partial charge in [0.1, 0.15) is 6.20 Å². The van der Waals surface area contributed by atoms with E-state index in [1.54, 1.807) is 12.1 Å². The topological polar surface area (TPSA) is 97.2 Å². The Kier molecular flexibility index (Phi) is 5.29. The highest BCUT2D eigenvalue weighted by Crippen LogP contribution is 2.25. The van der Waals surface area contributed by atoms with Crippen LogP contribution in [0.2, 0.25) is 5.02 Å². The Labute approximate surface area is 135 Å². The van der Waals surface area contributed by atoms with Gasteiger partial charge in [-0.25, -0.2) is 4.98 Å². The number of benzene rings is 1. The van der Waals surface area contributed by atoms with Crippen molar-refractivity contribution in [2.45, 2.75) is 13.3 Å². The SMILES string of the molecule is Cc1ccc(NC(=O)CCNc2ncc([N+](=O)[O-])s2)c(Cl)c1. The molecule has 0 atom stereocenters. The highest BCUT2D eigenvalue weighted by atomic mass is 35.5. The summed E-state index contributed by atoms with van der Waals surface area (Å²) in [6, 6.07) is 5.37. The standard InChI is InChI=1S/C13H13ClN4O3S/c1-8-2-3-10(9(14)6-8)17-11(19)4-5-15-13-16-7-12(22-13)18(20)21/h2-3,6-7H,4-5H2,1H3,(H,15,16)(H,17,19). The van der Waals surface area contributed by atoms with E-state index in [9.17, 15) is 14.9 Å². The summed E-state index contributed by atoms with van der Waals surface area (Å²) in [7, 11) is 0. The number of amides is 1. The van der Waals surface area contributed by atoms with E-state index in [0.717, 1.165) is 16.9 Å². The molecule has 1 aromatic heterocycles. The molecule has 2 N–H and O–H groups in total. The number of aromatic nitrogens is 1. The van der Waals surface area contributed by atoms with E-state index in [1.165, 1.54) is 6.20 Å². The summed E-state index contributed by atoms with van der Waals surface area (Å²) in [5.74, 6) is -0.204. The van der Waals surface area contributed by atoms with Crippen molar-refractivity contribution in [3.63, 3.8) is 0 Å². The molecule has 22 heavy (non-hydrogen) atoms. The number of hydrogen-bond acceptors (Lipinski definition) is 6. The summed E-state index contributed by atoms with van der Waals surface area (Å²) in [5, 5.41) is 17.0. The highest BCUT2D eigenvalue weighted by molar-refractivity contribution is 7.18. The zero-order chi connectivity index (χ0) is 16.1. The third kappa shape index (κ3) is 4.40. The number of aryl methyl sites for hydroxylation is 1. The molecule has 7 nitrogen and oxygen atoms in total. The van der Waals surface area contributed by atoms with Crippen LogP contribution in [0.5, 0.6) is 0 Å². The molecule has 0 radical (unpaired) electrons. The van der Waals surface area contributed by atoms with Gasteiger partial charge in [0, 0.05) is 13.0 Å². The van der Waals surface area contributed by atoms with Crippen molar-refractivity contribution in [3.05, 3.63) is 45.1 Å². The first-order valence-electron chi connectivity index (χ1n) is 6.36. The number of thiazole rings is 1. The summed E-state index contributed by atoms with van der Waals surface area (Å²) in [4.78, 5) is 25.7. The van der Waals surface area contributed by atoms with Crippen LogP contribution in [0.4, 0.5) is 15.8 Å². The molecule has 2 aromatic rings. The van der Waals surface area contributed by atoms with E-state index in [1.807, 2.05) is 13.0 Å². The molecule has 0 aliphatic carbocycles. The third-order valence-electron chi connectivity index (χ3n) is 2.70. The quantitative estimate of drug-likeness (QED) is 0.620. The van der Waals surface area contributed by atoms with Gasteiger partial charge in [-0.15, -0.1) is 0 Å². The van der Waals surface area contributed by atoms with Gasteiger partial charge in [-0.2, -0.15) is 0 Å². The number of anilines is 2. The lowest BCUT2D eigenvalue weighted by atomic mass is 10.2. The fourth-order valence-corrected chi connectivity index (χ4v) is 2.59. The van der Waals surface area contributed by atoms with Crippen molar-refractivity contribution in [1.29, 1.82) is 0 Å². The maximum Gasteiger partial charge on any atom is 0.345 e. The lowest BCUT2D eigenvalue weighted by molar-refractivity contribution is -0.380. The van der Waals surface area contributed by atoms with Crippen LogP contribution >= 0.6 is 22.9 Å². The van der Waals surface area contributed by atoms with Crippen LogP contribution in [0.15, 0.2) is 24.4 Å². The zero-order valence-corrected chi connectivity index (χ0v) is 13.2. The molecule has 0 spiro atoms. The fourth-order valence-electron chi connectivity index (χ4n) is 1.65. The van der Waals surface area contributed by atoms with E-state index < -0.39 is 4.92 Å².